The van der Waals surface area contributed by atoms with E-state index in [1.807, 2.05) is 37.7 Å². The van der Waals surface area contributed by atoms with Crippen molar-refractivity contribution in [1.82, 2.24) is 19.7 Å². The minimum atomic E-state index is 0.851. The number of aromatic nitrogens is 4. The van der Waals surface area contributed by atoms with Gasteiger partial charge >= 0.3 is 0 Å². The molecule has 0 aromatic carbocycles. The maximum atomic E-state index is 4.16. The molecule has 5 nitrogen and oxygen atoms in total. The Kier molecular flexibility index (Phi) is 3.09. The van der Waals surface area contributed by atoms with E-state index in [1.165, 1.54) is 0 Å². The van der Waals surface area contributed by atoms with Crippen LogP contribution in [0.3, 0.4) is 0 Å². The largest absolute Gasteiger partial charge is 0.373 e. The molecule has 0 saturated carbocycles. The van der Waals surface area contributed by atoms with Gasteiger partial charge in [-0.05, 0) is 30.8 Å². The van der Waals surface area contributed by atoms with Crippen LogP contribution in [0.15, 0.2) is 28.4 Å². The van der Waals surface area contributed by atoms with E-state index in [9.17, 15) is 0 Å². The average Bonchev–Trinajstić information content (AvgIpc) is 2.61. The Labute approximate surface area is 98.3 Å². The van der Waals surface area contributed by atoms with Crippen LogP contribution in [0.4, 0.5) is 5.82 Å². The molecule has 0 saturated heterocycles. The van der Waals surface area contributed by atoms with E-state index in [2.05, 4.69) is 20.5 Å². The number of hydrogen-bond donors (Lipinski definition) is 1. The lowest BCUT2D eigenvalue weighted by Gasteiger charge is -2.03. The van der Waals surface area contributed by atoms with E-state index < -0.39 is 0 Å². The summed E-state index contributed by atoms with van der Waals surface area (Å²) in [6, 6.07) is 3.93. The lowest BCUT2D eigenvalue weighted by Crippen LogP contribution is -1.94. The lowest BCUT2D eigenvalue weighted by atomic mass is 10.5. The highest BCUT2D eigenvalue weighted by atomic mass is 32.2. The molecule has 1 N–H and O–H groups in total. The summed E-state index contributed by atoms with van der Waals surface area (Å²) >= 11 is 1.57. The standard InChI is InChI=1S/C10H13N5S/c1-7-13-14-10(15(7)3)16-8-4-5-12-9(6-8)11-2/h4-6H,1-3H3,(H,11,12). The van der Waals surface area contributed by atoms with Crippen LogP contribution in [-0.2, 0) is 7.05 Å². The molecule has 16 heavy (non-hydrogen) atoms. The molecule has 2 aromatic rings. The summed E-state index contributed by atoms with van der Waals surface area (Å²) < 4.78 is 1.96. The molecular formula is C10H13N5S. The van der Waals surface area contributed by atoms with Crippen molar-refractivity contribution >= 4 is 17.6 Å². The molecule has 0 aliphatic carbocycles. The predicted octanol–water partition coefficient (Wildman–Crippen LogP) is 1.71. The van der Waals surface area contributed by atoms with Gasteiger partial charge in [-0.2, -0.15) is 0 Å². The molecule has 0 aliphatic rings. The summed E-state index contributed by atoms with van der Waals surface area (Å²) in [6.45, 7) is 1.93. The first-order valence-corrected chi connectivity index (χ1v) is 5.70. The third kappa shape index (κ3) is 2.16. The fourth-order valence-electron chi connectivity index (χ4n) is 1.19. The number of hydrogen-bond acceptors (Lipinski definition) is 5. The Bertz CT molecular complexity index is 494. The topological polar surface area (TPSA) is 55.6 Å². The second-order valence-electron chi connectivity index (χ2n) is 3.32. The first-order valence-electron chi connectivity index (χ1n) is 4.88. The number of aryl methyl sites for hydroxylation is 1. The van der Waals surface area contributed by atoms with Gasteiger partial charge in [0, 0.05) is 25.2 Å². The summed E-state index contributed by atoms with van der Waals surface area (Å²) in [5, 5.41) is 12.0. The molecule has 0 aliphatic heterocycles. The number of pyridine rings is 1. The molecule has 0 fully saturated rings. The zero-order valence-electron chi connectivity index (χ0n) is 9.43. The summed E-state index contributed by atoms with van der Waals surface area (Å²) in [5.74, 6) is 1.76. The van der Waals surface area contributed by atoms with Crippen molar-refractivity contribution in [1.29, 1.82) is 0 Å². The number of nitrogens with one attached hydrogen (secondary N) is 1. The van der Waals surface area contributed by atoms with Crippen LogP contribution in [0.1, 0.15) is 5.82 Å². The van der Waals surface area contributed by atoms with E-state index in [1.54, 1.807) is 18.0 Å². The maximum Gasteiger partial charge on any atom is 0.195 e. The third-order valence-corrected chi connectivity index (χ3v) is 3.28. The molecule has 0 amide bonds. The highest BCUT2D eigenvalue weighted by Gasteiger charge is 2.07. The van der Waals surface area contributed by atoms with Gasteiger partial charge in [-0.1, -0.05) is 0 Å². The highest BCUT2D eigenvalue weighted by Crippen LogP contribution is 2.26. The predicted molar refractivity (Wildman–Crippen MR) is 63.6 cm³/mol. The molecule has 2 rings (SSSR count). The molecule has 0 radical (unpaired) electrons. The Hall–Kier alpha value is -1.56. The Balaban J connectivity index is 2.23. The maximum absolute atomic E-state index is 4.16. The molecule has 6 heteroatoms. The van der Waals surface area contributed by atoms with Gasteiger partial charge in [0.05, 0.1) is 0 Å². The van der Waals surface area contributed by atoms with E-state index in [0.29, 0.717) is 0 Å². The van der Waals surface area contributed by atoms with Crippen LogP contribution in [-0.4, -0.2) is 26.8 Å². The smallest absolute Gasteiger partial charge is 0.195 e. The fourth-order valence-corrected chi connectivity index (χ4v) is 2.05. The van der Waals surface area contributed by atoms with Gasteiger partial charge in [-0.25, -0.2) is 4.98 Å². The summed E-state index contributed by atoms with van der Waals surface area (Å²) in [6.07, 6.45) is 1.78. The van der Waals surface area contributed by atoms with Crippen molar-refractivity contribution in [2.75, 3.05) is 12.4 Å². The first-order chi connectivity index (χ1) is 7.70. The molecule has 2 aromatic heterocycles. The monoisotopic (exact) mass is 235 g/mol. The van der Waals surface area contributed by atoms with E-state index >= 15 is 0 Å². The van der Waals surface area contributed by atoms with Gasteiger partial charge in [0.15, 0.2) is 5.16 Å². The van der Waals surface area contributed by atoms with E-state index in [-0.39, 0.29) is 0 Å². The second kappa shape index (κ2) is 4.52. The average molecular weight is 235 g/mol. The van der Waals surface area contributed by atoms with Crippen LogP contribution in [0, 0.1) is 6.92 Å². The van der Waals surface area contributed by atoms with Gasteiger partial charge < -0.3 is 9.88 Å². The van der Waals surface area contributed by atoms with Crippen LogP contribution in [0.5, 0.6) is 0 Å². The van der Waals surface area contributed by atoms with Crippen LogP contribution in [0.25, 0.3) is 0 Å². The molecule has 0 spiro atoms. The Morgan fingerprint density at radius 2 is 2.19 bits per heavy atom. The zero-order valence-corrected chi connectivity index (χ0v) is 10.2. The summed E-state index contributed by atoms with van der Waals surface area (Å²) in [4.78, 5) is 5.25. The van der Waals surface area contributed by atoms with E-state index in [0.717, 1.165) is 21.7 Å². The van der Waals surface area contributed by atoms with Crippen molar-refractivity contribution in [2.24, 2.45) is 7.05 Å². The van der Waals surface area contributed by atoms with Crippen LogP contribution in [0.2, 0.25) is 0 Å². The SMILES string of the molecule is CNc1cc(Sc2nnc(C)n2C)ccn1. The zero-order chi connectivity index (χ0) is 11.5. The molecule has 84 valence electrons. The number of anilines is 1. The molecular weight excluding hydrogens is 222 g/mol. The van der Waals surface area contributed by atoms with Crippen molar-refractivity contribution in [3.8, 4) is 0 Å². The van der Waals surface area contributed by atoms with Crippen LogP contribution >= 0.6 is 11.8 Å². The van der Waals surface area contributed by atoms with Crippen LogP contribution < -0.4 is 5.32 Å². The highest BCUT2D eigenvalue weighted by molar-refractivity contribution is 7.99. The van der Waals surface area contributed by atoms with Crippen molar-refractivity contribution in [2.45, 2.75) is 17.0 Å². The van der Waals surface area contributed by atoms with Gasteiger partial charge in [0.25, 0.3) is 0 Å². The summed E-state index contributed by atoms with van der Waals surface area (Å²) in [5.41, 5.74) is 0. The first kappa shape index (κ1) is 10.9. The van der Waals surface area contributed by atoms with Gasteiger partial charge in [0.2, 0.25) is 0 Å². The molecule has 2 heterocycles. The molecule has 0 bridgehead atoms. The third-order valence-electron chi connectivity index (χ3n) is 2.25. The Morgan fingerprint density at radius 3 is 2.81 bits per heavy atom. The minimum Gasteiger partial charge on any atom is -0.373 e. The second-order valence-corrected chi connectivity index (χ2v) is 4.36. The Morgan fingerprint density at radius 1 is 1.38 bits per heavy atom. The van der Waals surface area contributed by atoms with Gasteiger partial charge in [-0.15, -0.1) is 10.2 Å². The lowest BCUT2D eigenvalue weighted by molar-refractivity contribution is 0.765. The van der Waals surface area contributed by atoms with E-state index in [4.69, 9.17) is 0 Å². The van der Waals surface area contributed by atoms with Gasteiger partial charge in [0.1, 0.15) is 11.6 Å². The number of nitrogens with zero attached hydrogens (tertiary/aromatic N) is 4. The minimum absolute atomic E-state index is 0.851. The fraction of sp³-hybridized carbons (Fsp3) is 0.300. The molecule has 0 atom stereocenters. The van der Waals surface area contributed by atoms with Gasteiger partial charge in [-0.3, -0.25) is 0 Å². The summed E-state index contributed by atoms with van der Waals surface area (Å²) in [7, 11) is 3.81. The number of rotatable bonds is 3. The molecule has 0 unspecified atom stereocenters. The normalized spacial score (nSPS) is 10.4. The van der Waals surface area contributed by atoms with Crippen molar-refractivity contribution in [3.63, 3.8) is 0 Å². The quantitative estimate of drug-likeness (QED) is 0.877. The van der Waals surface area contributed by atoms with Crippen molar-refractivity contribution in [3.05, 3.63) is 24.2 Å². The van der Waals surface area contributed by atoms with Crippen molar-refractivity contribution < 1.29 is 0 Å².